The van der Waals surface area contributed by atoms with Gasteiger partial charge < -0.3 is 14.7 Å². The number of rotatable bonds is 6. The molecule has 1 aliphatic rings. The zero-order valence-corrected chi connectivity index (χ0v) is 21.0. The van der Waals surface area contributed by atoms with Crippen LogP contribution >= 0.6 is 11.3 Å². The third kappa shape index (κ3) is 4.76. The summed E-state index contributed by atoms with van der Waals surface area (Å²) in [4.78, 5) is 20.8. The van der Waals surface area contributed by atoms with Gasteiger partial charge in [0.15, 0.2) is 0 Å². The van der Waals surface area contributed by atoms with Gasteiger partial charge in [0.2, 0.25) is 0 Å². The van der Waals surface area contributed by atoms with Crippen molar-refractivity contribution in [3.05, 3.63) is 76.9 Å². The maximum absolute atomic E-state index is 14.0. The van der Waals surface area contributed by atoms with Crippen molar-refractivity contribution >= 4 is 27.3 Å². The van der Waals surface area contributed by atoms with E-state index in [0.717, 1.165) is 63.9 Å². The number of carbonyl (C=O) groups is 1. The van der Waals surface area contributed by atoms with Crippen LogP contribution in [0.4, 0.5) is 0 Å². The highest BCUT2D eigenvalue weighted by Crippen LogP contribution is 2.39. The molecule has 1 aliphatic carbocycles. The van der Waals surface area contributed by atoms with E-state index in [1.807, 2.05) is 60.5 Å². The van der Waals surface area contributed by atoms with E-state index in [-0.39, 0.29) is 17.7 Å². The average molecular weight is 487 g/mol. The topological polar surface area (TPSA) is 62.7 Å². The summed E-state index contributed by atoms with van der Waals surface area (Å²) in [6.45, 7) is 2.40. The monoisotopic (exact) mass is 486 g/mol. The van der Waals surface area contributed by atoms with E-state index in [4.69, 9.17) is 4.74 Å². The number of benzene rings is 2. The Bertz CT molecular complexity index is 1340. The molecule has 2 aromatic carbocycles. The Morgan fingerprint density at radius 1 is 1.09 bits per heavy atom. The number of methoxy groups -OCH3 is 1. The molecule has 2 aromatic heterocycles. The van der Waals surface area contributed by atoms with Gasteiger partial charge in [0.05, 0.1) is 7.11 Å². The molecular formula is C29H30N2O3S. The van der Waals surface area contributed by atoms with Gasteiger partial charge >= 0.3 is 0 Å². The Kier molecular flexibility index (Phi) is 6.73. The van der Waals surface area contributed by atoms with Gasteiger partial charge in [-0.1, -0.05) is 43.5 Å². The zero-order valence-electron chi connectivity index (χ0n) is 20.2. The maximum Gasteiger partial charge on any atom is 0.268 e. The van der Waals surface area contributed by atoms with E-state index in [2.05, 4.69) is 17.1 Å². The first-order valence-corrected chi connectivity index (χ1v) is 13.0. The van der Waals surface area contributed by atoms with Crippen LogP contribution in [0.15, 0.2) is 60.8 Å². The number of carbonyl (C=O) groups excluding carboxylic acids is 1. The predicted octanol–water partition coefficient (Wildman–Crippen LogP) is 6.96. The molecule has 180 valence electrons. The largest absolute Gasteiger partial charge is 0.506 e. The molecule has 0 unspecified atom stereocenters. The summed E-state index contributed by atoms with van der Waals surface area (Å²) in [5.41, 5.74) is 3.98. The molecule has 1 saturated carbocycles. The van der Waals surface area contributed by atoms with E-state index in [9.17, 15) is 9.90 Å². The first-order valence-electron chi connectivity index (χ1n) is 12.2. The van der Waals surface area contributed by atoms with Gasteiger partial charge in [0.1, 0.15) is 16.4 Å². The molecule has 1 N–H and O–H groups in total. The van der Waals surface area contributed by atoms with Crippen LogP contribution in [0.1, 0.15) is 53.0 Å². The fourth-order valence-electron chi connectivity index (χ4n) is 4.97. The Morgan fingerprint density at radius 3 is 2.57 bits per heavy atom. The minimum absolute atomic E-state index is 0.0860. The number of fused-ring (bicyclic) bond motifs is 1. The number of hydrogen-bond donors (Lipinski definition) is 1. The van der Waals surface area contributed by atoms with E-state index in [0.29, 0.717) is 11.4 Å². The fraction of sp³-hybridized carbons (Fsp3) is 0.310. The molecule has 5 rings (SSSR count). The smallest absolute Gasteiger partial charge is 0.268 e. The van der Waals surface area contributed by atoms with Gasteiger partial charge in [-0.2, -0.15) is 0 Å². The van der Waals surface area contributed by atoms with Crippen LogP contribution in [0.5, 0.6) is 11.5 Å². The third-order valence-corrected chi connectivity index (χ3v) is 8.05. The number of aromatic nitrogens is 1. The van der Waals surface area contributed by atoms with Crippen LogP contribution in [0.2, 0.25) is 0 Å². The van der Waals surface area contributed by atoms with Gasteiger partial charge in [0, 0.05) is 45.7 Å². The molecule has 35 heavy (non-hydrogen) atoms. The Balaban J connectivity index is 1.53. The second-order valence-electron chi connectivity index (χ2n) is 9.22. The lowest BCUT2D eigenvalue weighted by atomic mass is 9.93. The van der Waals surface area contributed by atoms with E-state index < -0.39 is 0 Å². The first-order chi connectivity index (χ1) is 17.0. The Labute approximate surface area is 210 Å². The summed E-state index contributed by atoms with van der Waals surface area (Å²) < 4.78 is 6.62. The first kappa shape index (κ1) is 23.4. The third-order valence-electron chi connectivity index (χ3n) is 6.91. The maximum atomic E-state index is 14.0. The minimum atomic E-state index is -0.111. The van der Waals surface area contributed by atoms with Gasteiger partial charge in [-0.15, -0.1) is 11.3 Å². The molecule has 5 nitrogen and oxygen atoms in total. The second-order valence-corrected chi connectivity index (χ2v) is 10.3. The standard InChI is InChI=1S/C29H30N2O3S/c1-19-12-13-21(17-30-19)20-14-15-25(34-2)22(16-20)18-31(23-8-4-3-5-9-23)29(33)28-27(32)24-10-6-7-11-26(24)35-28/h6-7,10-17,23,32H,3-5,8-9,18H2,1-2H3. The van der Waals surface area contributed by atoms with Gasteiger partial charge in [-0.25, -0.2) is 0 Å². The van der Waals surface area contributed by atoms with E-state index in [1.54, 1.807) is 7.11 Å². The molecule has 4 aromatic rings. The number of thiophene rings is 1. The summed E-state index contributed by atoms with van der Waals surface area (Å²) in [7, 11) is 1.66. The molecule has 2 heterocycles. The van der Waals surface area contributed by atoms with Crippen molar-refractivity contribution in [1.29, 1.82) is 0 Å². The SMILES string of the molecule is COc1ccc(-c2ccc(C)nc2)cc1CN(C(=O)c1sc2ccccc2c1O)C1CCCCC1. The number of nitrogens with zero attached hydrogens (tertiary/aromatic N) is 2. The Hall–Kier alpha value is -3.38. The summed E-state index contributed by atoms with van der Waals surface area (Å²) in [5.74, 6) is 0.728. The normalized spacial score (nSPS) is 14.2. The average Bonchev–Trinajstić information content (AvgIpc) is 3.24. The van der Waals surface area contributed by atoms with Crippen molar-refractivity contribution in [3.63, 3.8) is 0 Å². The molecular weight excluding hydrogens is 456 g/mol. The van der Waals surface area contributed by atoms with Crippen LogP contribution in [-0.4, -0.2) is 34.0 Å². The van der Waals surface area contributed by atoms with Crippen LogP contribution in [0.3, 0.4) is 0 Å². The zero-order chi connectivity index (χ0) is 24.4. The predicted molar refractivity (Wildman–Crippen MR) is 141 cm³/mol. The lowest BCUT2D eigenvalue weighted by Crippen LogP contribution is -2.40. The van der Waals surface area contributed by atoms with Crippen molar-refractivity contribution in [3.8, 4) is 22.6 Å². The van der Waals surface area contributed by atoms with Crippen molar-refractivity contribution in [2.24, 2.45) is 0 Å². The summed E-state index contributed by atoms with van der Waals surface area (Å²) in [5, 5.41) is 11.7. The molecule has 1 fully saturated rings. The Morgan fingerprint density at radius 2 is 1.86 bits per heavy atom. The summed E-state index contributed by atoms with van der Waals surface area (Å²) in [6, 6.07) is 17.9. The van der Waals surface area contributed by atoms with Gasteiger partial charge in [-0.3, -0.25) is 9.78 Å². The number of hydrogen-bond acceptors (Lipinski definition) is 5. The summed E-state index contributed by atoms with van der Waals surface area (Å²) >= 11 is 1.37. The van der Waals surface area contributed by atoms with Crippen LogP contribution in [-0.2, 0) is 6.54 Å². The molecule has 0 radical (unpaired) electrons. The van der Waals surface area contributed by atoms with Crippen molar-refractivity contribution in [1.82, 2.24) is 9.88 Å². The lowest BCUT2D eigenvalue weighted by Gasteiger charge is -2.34. The highest BCUT2D eigenvalue weighted by atomic mass is 32.1. The van der Waals surface area contributed by atoms with Crippen LogP contribution < -0.4 is 4.74 Å². The summed E-state index contributed by atoms with van der Waals surface area (Å²) in [6.07, 6.45) is 7.24. The molecule has 6 heteroatoms. The quantitative estimate of drug-likeness (QED) is 0.320. The number of pyridine rings is 1. The second kappa shape index (κ2) is 10.1. The fourth-order valence-corrected chi connectivity index (χ4v) is 6.02. The lowest BCUT2D eigenvalue weighted by molar-refractivity contribution is 0.0615. The molecule has 0 aliphatic heterocycles. The number of aryl methyl sites for hydroxylation is 1. The van der Waals surface area contributed by atoms with E-state index in [1.165, 1.54) is 17.8 Å². The van der Waals surface area contributed by atoms with Crippen molar-refractivity contribution < 1.29 is 14.6 Å². The van der Waals surface area contributed by atoms with Crippen LogP contribution in [0.25, 0.3) is 21.2 Å². The number of ether oxygens (including phenoxy) is 1. The molecule has 0 atom stereocenters. The van der Waals surface area contributed by atoms with E-state index >= 15 is 0 Å². The van der Waals surface area contributed by atoms with Gasteiger partial charge in [-0.05, 0) is 55.7 Å². The minimum Gasteiger partial charge on any atom is -0.506 e. The highest BCUT2D eigenvalue weighted by Gasteiger charge is 2.30. The highest BCUT2D eigenvalue weighted by molar-refractivity contribution is 7.21. The number of aromatic hydroxyl groups is 1. The molecule has 0 spiro atoms. The molecule has 0 saturated heterocycles. The molecule has 1 amide bonds. The van der Waals surface area contributed by atoms with Crippen LogP contribution in [0, 0.1) is 6.92 Å². The molecule has 0 bridgehead atoms. The number of amides is 1. The van der Waals surface area contributed by atoms with Crippen molar-refractivity contribution in [2.75, 3.05) is 7.11 Å². The van der Waals surface area contributed by atoms with Gasteiger partial charge in [0.25, 0.3) is 5.91 Å². The van der Waals surface area contributed by atoms with Crippen molar-refractivity contribution in [2.45, 2.75) is 51.6 Å².